The van der Waals surface area contributed by atoms with Crippen molar-refractivity contribution in [2.24, 2.45) is 0 Å². The maximum atomic E-state index is 15.0. The minimum Gasteiger partial charge on any atom is -0.477 e. The van der Waals surface area contributed by atoms with Crippen molar-refractivity contribution in [1.82, 2.24) is 15.1 Å². The molecule has 5 rings (SSSR count). The van der Waals surface area contributed by atoms with E-state index < -0.39 is 23.8 Å². The Balaban J connectivity index is 1.38. The van der Waals surface area contributed by atoms with E-state index in [1.54, 1.807) is 35.4 Å². The van der Waals surface area contributed by atoms with Gasteiger partial charge in [0.2, 0.25) is 0 Å². The van der Waals surface area contributed by atoms with E-state index in [0.717, 1.165) is 12.8 Å². The zero-order chi connectivity index (χ0) is 23.7. The molecular weight excluding hydrogens is 442 g/mol. The standard InChI is InChI=1S/C25H26F2N4O3/c26-18-12-16(31-11-5-10-28-31)13-19(27)17(18)14-30-15-24(34-23-9-4-2-7-21(23)30)25(33)29-20-6-1-3-8-22(20)32/h2,4-5,7,9-13,20,22,24,32H,1,3,6,8,14-15H2,(H,29,33). The first-order valence-electron chi connectivity index (χ1n) is 11.5. The van der Waals surface area contributed by atoms with Crippen LogP contribution in [0.15, 0.2) is 54.9 Å². The molecule has 1 aromatic heterocycles. The molecule has 3 unspecified atom stereocenters. The fourth-order valence-corrected chi connectivity index (χ4v) is 4.63. The predicted molar refractivity (Wildman–Crippen MR) is 122 cm³/mol. The van der Waals surface area contributed by atoms with Gasteiger partial charge in [-0.2, -0.15) is 5.10 Å². The number of fused-ring (bicyclic) bond motifs is 1. The maximum absolute atomic E-state index is 15.0. The number of aliphatic hydroxyl groups is 1. The smallest absolute Gasteiger partial charge is 0.263 e. The van der Waals surface area contributed by atoms with E-state index in [-0.39, 0.29) is 36.3 Å². The number of hydrogen-bond donors (Lipinski definition) is 2. The summed E-state index contributed by atoms with van der Waals surface area (Å²) in [6.45, 7) is 0.0404. The number of hydrogen-bond acceptors (Lipinski definition) is 5. The molecule has 3 atom stereocenters. The summed E-state index contributed by atoms with van der Waals surface area (Å²) in [4.78, 5) is 14.7. The minimum atomic E-state index is -0.876. The van der Waals surface area contributed by atoms with E-state index >= 15 is 0 Å². The summed E-state index contributed by atoms with van der Waals surface area (Å²) >= 11 is 0. The average Bonchev–Trinajstić information content (AvgIpc) is 3.37. The first-order chi connectivity index (χ1) is 16.5. The molecule has 2 aliphatic rings. The van der Waals surface area contributed by atoms with Crippen LogP contribution in [0.2, 0.25) is 0 Å². The number of ether oxygens (including phenoxy) is 1. The van der Waals surface area contributed by atoms with Crippen molar-refractivity contribution in [3.63, 3.8) is 0 Å². The number of benzene rings is 2. The number of aromatic nitrogens is 2. The number of nitrogens with zero attached hydrogens (tertiary/aromatic N) is 3. The van der Waals surface area contributed by atoms with Crippen LogP contribution < -0.4 is 15.0 Å². The Bertz CT molecular complexity index is 1150. The van der Waals surface area contributed by atoms with Gasteiger partial charge in [0.25, 0.3) is 5.91 Å². The lowest BCUT2D eigenvalue weighted by Crippen LogP contribution is -2.54. The lowest BCUT2D eigenvalue weighted by Gasteiger charge is -2.37. The second kappa shape index (κ2) is 9.42. The fourth-order valence-electron chi connectivity index (χ4n) is 4.63. The number of rotatable bonds is 5. The summed E-state index contributed by atoms with van der Waals surface area (Å²) in [6.07, 6.45) is 4.92. The van der Waals surface area contributed by atoms with Crippen LogP contribution >= 0.6 is 0 Å². The van der Waals surface area contributed by atoms with E-state index in [4.69, 9.17) is 4.74 Å². The molecule has 1 saturated carbocycles. The molecule has 3 aromatic rings. The summed E-state index contributed by atoms with van der Waals surface area (Å²) in [5, 5.41) is 17.1. The molecule has 34 heavy (non-hydrogen) atoms. The highest BCUT2D eigenvalue weighted by Crippen LogP contribution is 2.35. The number of amides is 1. The van der Waals surface area contributed by atoms with Crippen molar-refractivity contribution in [1.29, 1.82) is 0 Å². The molecule has 0 bridgehead atoms. The number of para-hydroxylation sites is 2. The van der Waals surface area contributed by atoms with Gasteiger partial charge in [-0.3, -0.25) is 4.79 Å². The van der Waals surface area contributed by atoms with Crippen LogP contribution in [0.25, 0.3) is 5.69 Å². The molecule has 1 aliphatic heterocycles. The Morgan fingerprint density at radius 1 is 1.15 bits per heavy atom. The second-order valence-corrected chi connectivity index (χ2v) is 8.76. The van der Waals surface area contributed by atoms with Crippen molar-refractivity contribution >= 4 is 11.6 Å². The minimum absolute atomic E-state index is 0.0761. The Morgan fingerprint density at radius 2 is 1.91 bits per heavy atom. The first-order valence-corrected chi connectivity index (χ1v) is 11.5. The molecule has 0 saturated heterocycles. The molecule has 9 heteroatoms. The van der Waals surface area contributed by atoms with Crippen LogP contribution in [-0.4, -0.2) is 45.6 Å². The molecule has 1 aliphatic carbocycles. The van der Waals surface area contributed by atoms with E-state index in [1.807, 2.05) is 6.07 Å². The van der Waals surface area contributed by atoms with Gasteiger partial charge in [0.15, 0.2) is 6.10 Å². The topological polar surface area (TPSA) is 79.6 Å². The van der Waals surface area contributed by atoms with Crippen molar-refractivity contribution in [2.75, 3.05) is 11.4 Å². The van der Waals surface area contributed by atoms with Crippen LogP contribution in [0.4, 0.5) is 14.5 Å². The third-order valence-corrected chi connectivity index (χ3v) is 6.45. The molecule has 2 N–H and O–H groups in total. The molecule has 1 fully saturated rings. The normalized spacial score (nSPS) is 22.1. The molecular formula is C25H26F2N4O3. The summed E-state index contributed by atoms with van der Waals surface area (Å²) in [7, 11) is 0. The molecule has 1 amide bonds. The van der Waals surface area contributed by atoms with Crippen LogP contribution in [0.5, 0.6) is 5.75 Å². The van der Waals surface area contributed by atoms with Crippen LogP contribution in [0.1, 0.15) is 31.2 Å². The van der Waals surface area contributed by atoms with E-state index in [9.17, 15) is 18.7 Å². The summed E-state index contributed by atoms with van der Waals surface area (Å²) in [5.41, 5.74) is 0.836. The third kappa shape index (κ3) is 4.48. The zero-order valence-corrected chi connectivity index (χ0v) is 18.5. The highest BCUT2D eigenvalue weighted by atomic mass is 19.1. The molecule has 0 radical (unpaired) electrons. The van der Waals surface area contributed by atoms with E-state index in [2.05, 4.69) is 10.4 Å². The van der Waals surface area contributed by atoms with Crippen LogP contribution in [-0.2, 0) is 11.3 Å². The Morgan fingerprint density at radius 3 is 2.65 bits per heavy atom. The van der Waals surface area contributed by atoms with Crippen LogP contribution in [0.3, 0.4) is 0 Å². The summed E-state index contributed by atoms with van der Waals surface area (Å²) in [5.74, 6) is -1.27. The summed E-state index contributed by atoms with van der Waals surface area (Å²) in [6, 6.07) is 10.9. The largest absolute Gasteiger partial charge is 0.477 e. The SMILES string of the molecule is O=C(NC1CCCCC1O)C1CN(Cc2c(F)cc(-n3cccn3)cc2F)c2ccccc2O1. The van der Waals surface area contributed by atoms with Gasteiger partial charge in [-0.15, -0.1) is 0 Å². The lowest BCUT2D eigenvalue weighted by molar-refractivity contribution is -0.129. The second-order valence-electron chi connectivity index (χ2n) is 8.76. The van der Waals surface area contributed by atoms with Gasteiger partial charge in [0, 0.05) is 36.6 Å². The van der Waals surface area contributed by atoms with Crippen molar-refractivity contribution in [3.05, 3.63) is 72.1 Å². The monoisotopic (exact) mass is 468 g/mol. The van der Waals surface area contributed by atoms with Crippen molar-refractivity contribution < 1.29 is 23.4 Å². The fraction of sp³-hybridized carbons (Fsp3) is 0.360. The molecule has 178 valence electrons. The molecule has 2 heterocycles. The number of nitrogens with one attached hydrogen (secondary N) is 1. The highest BCUT2D eigenvalue weighted by Gasteiger charge is 2.34. The number of aliphatic hydroxyl groups excluding tert-OH is 1. The first kappa shape index (κ1) is 22.3. The van der Waals surface area contributed by atoms with Gasteiger partial charge >= 0.3 is 0 Å². The molecule has 0 spiro atoms. The average molecular weight is 469 g/mol. The molecule has 2 aromatic carbocycles. The predicted octanol–water partition coefficient (Wildman–Crippen LogP) is 3.34. The van der Waals surface area contributed by atoms with Crippen molar-refractivity contribution in [3.8, 4) is 11.4 Å². The number of carbonyl (C=O) groups is 1. The zero-order valence-electron chi connectivity index (χ0n) is 18.5. The third-order valence-electron chi connectivity index (χ3n) is 6.45. The lowest BCUT2D eigenvalue weighted by atomic mass is 9.92. The van der Waals surface area contributed by atoms with Gasteiger partial charge in [-0.25, -0.2) is 13.5 Å². The highest BCUT2D eigenvalue weighted by molar-refractivity contribution is 5.83. The van der Waals surface area contributed by atoms with Crippen LogP contribution in [0, 0.1) is 11.6 Å². The molecule has 7 nitrogen and oxygen atoms in total. The van der Waals surface area contributed by atoms with Gasteiger partial charge < -0.3 is 20.1 Å². The Hall–Kier alpha value is -3.46. The number of carbonyl (C=O) groups excluding carboxylic acids is 1. The maximum Gasteiger partial charge on any atom is 0.263 e. The Labute approximate surface area is 196 Å². The van der Waals surface area contributed by atoms with Gasteiger partial charge in [-0.05, 0) is 31.0 Å². The van der Waals surface area contributed by atoms with Gasteiger partial charge in [-0.1, -0.05) is 25.0 Å². The number of anilines is 1. The van der Waals surface area contributed by atoms with E-state index in [0.29, 0.717) is 24.3 Å². The Kier molecular flexibility index (Phi) is 6.19. The van der Waals surface area contributed by atoms with E-state index in [1.165, 1.54) is 23.0 Å². The van der Waals surface area contributed by atoms with Crippen molar-refractivity contribution in [2.45, 2.75) is 50.5 Å². The van der Waals surface area contributed by atoms with Gasteiger partial charge in [0.05, 0.1) is 30.1 Å². The van der Waals surface area contributed by atoms with Gasteiger partial charge in [0.1, 0.15) is 17.4 Å². The number of halogens is 2. The summed E-state index contributed by atoms with van der Waals surface area (Å²) < 4.78 is 37.3. The quantitative estimate of drug-likeness (QED) is 0.601.